The van der Waals surface area contributed by atoms with Crippen molar-refractivity contribution >= 4 is 57.8 Å². The van der Waals surface area contributed by atoms with E-state index in [1.807, 2.05) is 0 Å². The van der Waals surface area contributed by atoms with E-state index in [4.69, 9.17) is 31.5 Å². The lowest BCUT2D eigenvalue weighted by Gasteiger charge is -2.15. The number of carboxylic acid groups (broad SMARTS) is 1. The Morgan fingerprint density at radius 2 is 1.71 bits per heavy atom. The summed E-state index contributed by atoms with van der Waals surface area (Å²) in [5.74, 6) is -3.20. The molecule has 1 aliphatic rings. The van der Waals surface area contributed by atoms with Crippen LogP contribution in [0.25, 0.3) is 17.2 Å². The number of hydrogen-bond acceptors (Lipinski definition) is 8. The van der Waals surface area contributed by atoms with Gasteiger partial charge in [-0.2, -0.15) is 0 Å². The summed E-state index contributed by atoms with van der Waals surface area (Å²) in [5.41, 5.74) is 1.60. The fourth-order valence-electron chi connectivity index (χ4n) is 4.13. The number of nitrogens with one attached hydrogen (secondary N) is 1. The summed E-state index contributed by atoms with van der Waals surface area (Å²) in [6.07, 6.45) is 1.45. The smallest absolute Gasteiger partial charge is 0.335 e. The molecule has 0 atom stereocenters. The van der Waals surface area contributed by atoms with Gasteiger partial charge in [-0.3, -0.25) is 14.5 Å². The minimum absolute atomic E-state index is 0.00109. The maximum atomic E-state index is 13.9. The van der Waals surface area contributed by atoms with Crippen molar-refractivity contribution in [3.8, 4) is 28.4 Å². The lowest BCUT2D eigenvalue weighted by molar-refractivity contribution is -0.122. The molecule has 13 heteroatoms. The van der Waals surface area contributed by atoms with Crippen molar-refractivity contribution in [2.75, 3.05) is 33.2 Å². The SMILES string of the molecule is COc1cc(C(=O)O)ccc1NC(=O)CCN1C(=O)/C(=C/c2cc(-c3ccc(F)c(F)c3)cc(OC)c2OC)SC1=S. The molecule has 9 nitrogen and oxygen atoms in total. The largest absolute Gasteiger partial charge is 0.495 e. The number of aromatic carboxylic acids is 1. The predicted octanol–water partition coefficient (Wildman–Crippen LogP) is 5.59. The van der Waals surface area contributed by atoms with Crippen LogP contribution in [0.1, 0.15) is 22.3 Å². The van der Waals surface area contributed by atoms with Crippen LogP contribution in [0.5, 0.6) is 17.2 Å². The van der Waals surface area contributed by atoms with Gasteiger partial charge in [-0.25, -0.2) is 13.6 Å². The van der Waals surface area contributed by atoms with Crippen molar-refractivity contribution in [1.82, 2.24) is 4.90 Å². The first kappa shape index (κ1) is 30.5. The average molecular weight is 615 g/mol. The van der Waals surface area contributed by atoms with E-state index in [1.54, 1.807) is 18.2 Å². The number of carboxylic acids is 1. The number of amides is 2. The van der Waals surface area contributed by atoms with Crippen LogP contribution in [0.4, 0.5) is 14.5 Å². The number of hydrogen-bond donors (Lipinski definition) is 2. The van der Waals surface area contributed by atoms with Crippen molar-refractivity contribution < 1.29 is 42.5 Å². The van der Waals surface area contributed by atoms with E-state index in [2.05, 4.69) is 5.32 Å². The molecule has 4 rings (SSSR count). The third-order valence-electron chi connectivity index (χ3n) is 6.21. The predicted molar refractivity (Wildman–Crippen MR) is 158 cm³/mol. The summed E-state index contributed by atoms with van der Waals surface area (Å²) in [6.45, 7) is -0.0152. The highest BCUT2D eigenvalue weighted by Gasteiger charge is 2.32. The number of thiocarbonyl (C=S) groups is 1. The molecule has 0 radical (unpaired) electrons. The van der Waals surface area contributed by atoms with E-state index in [0.717, 1.165) is 23.9 Å². The van der Waals surface area contributed by atoms with E-state index < -0.39 is 29.4 Å². The molecule has 3 aromatic rings. The Balaban J connectivity index is 1.53. The molecule has 1 saturated heterocycles. The van der Waals surface area contributed by atoms with Gasteiger partial charge < -0.3 is 24.6 Å². The highest BCUT2D eigenvalue weighted by Crippen LogP contribution is 2.40. The second kappa shape index (κ2) is 13.0. The van der Waals surface area contributed by atoms with Crippen LogP contribution in [0, 0.1) is 11.6 Å². The van der Waals surface area contributed by atoms with Crippen LogP contribution in [-0.2, 0) is 9.59 Å². The monoisotopic (exact) mass is 614 g/mol. The molecule has 0 saturated carbocycles. The molecule has 218 valence electrons. The minimum atomic E-state index is -1.14. The number of rotatable bonds is 10. The molecule has 0 aromatic heterocycles. The van der Waals surface area contributed by atoms with Crippen LogP contribution < -0.4 is 19.5 Å². The van der Waals surface area contributed by atoms with Gasteiger partial charge in [0.1, 0.15) is 10.1 Å². The summed E-state index contributed by atoms with van der Waals surface area (Å²) in [6, 6.07) is 10.8. The molecule has 2 N–H and O–H groups in total. The Hall–Kier alpha value is -4.49. The number of ether oxygens (including phenoxy) is 3. The van der Waals surface area contributed by atoms with Crippen molar-refractivity contribution in [1.29, 1.82) is 0 Å². The van der Waals surface area contributed by atoms with Gasteiger partial charge in [0.15, 0.2) is 23.1 Å². The van der Waals surface area contributed by atoms with Gasteiger partial charge in [-0.15, -0.1) is 0 Å². The molecule has 2 amide bonds. The summed E-state index contributed by atoms with van der Waals surface area (Å²) < 4.78 is 43.8. The quantitative estimate of drug-likeness (QED) is 0.223. The highest BCUT2D eigenvalue weighted by molar-refractivity contribution is 8.26. The topological polar surface area (TPSA) is 114 Å². The molecule has 42 heavy (non-hydrogen) atoms. The first-order valence-corrected chi connectivity index (χ1v) is 13.5. The third-order valence-corrected chi connectivity index (χ3v) is 7.58. The average Bonchev–Trinajstić information content (AvgIpc) is 3.24. The van der Waals surface area contributed by atoms with Crippen LogP contribution in [-0.4, -0.2) is 60.0 Å². The molecular weight excluding hydrogens is 590 g/mol. The lowest BCUT2D eigenvalue weighted by atomic mass is 10.0. The molecule has 0 unspecified atom stereocenters. The van der Waals surface area contributed by atoms with Crippen molar-refractivity contribution in [2.24, 2.45) is 0 Å². The van der Waals surface area contributed by atoms with Crippen molar-refractivity contribution in [3.05, 3.63) is 76.2 Å². The van der Waals surface area contributed by atoms with Crippen molar-refractivity contribution in [2.45, 2.75) is 6.42 Å². The van der Waals surface area contributed by atoms with Crippen LogP contribution >= 0.6 is 24.0 Å². The highest BCUT2D eigenvalue weighted by atomic mass is 32.2. The number of carbonyl (C=O) groups is 3. The number of benzene rings is 3. The van der Waals surface area contributed by atoms with Gasteiger partial charge in [0, 0.05) is 18.5 Å². The first-order valence-electron chi connectivity index (χ1n) is 12.2. The summed E-state index contributed by atoms with van der Waals surface area (Å²) in [5, 5.41) is 11.8. The Kier molecular flexibility index (Phi) is 9.43. The molecule has 1 aliphatic heterocycles. The molecule has 1 fully saturated rings. The fourth-order valence-corrected chi connectivity index (χ4v) is 5.43. The van der Waals surface area contributed by atoms with Gasteiger partial charge in [0.2, 0.25) is 5.91 Å². The number of methoxy groups -OCH3 is 3. The van der Waals surface area contributed by atoms with E-state index in [1.165, 1.54) is 50.5 Å². The Morgan fingerprint density at radius 1 is 0.976 bits per heavy atom. The van der Waals surface area contributed by atoms with Crippen LogP contribution in [0.2, 0.25) is 0 Å². The number of carbonyl (C=O) groups excluding carboxylic acids is 2. The number of thioether (sulfide) groups is 1. The Bertz CT molecular complexity index is 1630. The third kappa shape index (κ3) is 6.52. The standard InChI is InChI=1S/C29H24F2N2O7S2/c1-38-22-12-16(28(36)37)5-7-21(22)32-25(34)8-9-33-27(35)24(42-29(33)41)14-18-10-17(13-23(39-2)26(18)40-3)15-4-6-19(30)20(31)11-15/h4-7,10-14H,8-9H2,1-3H3,(H,32,34)(H,36,37)/b24-14-. The fraction of sp³-hybridized carbons (Fsp3) is 0.172. The number of nitrogens with zero attached hydrogens (tertiary/aromatic N) is 1. The van der Waals surface area contributed by atoms with Gasteiger partial charge in [-0.1, -0.05) is 30.0 Å². The first-order chi connectivity index (χ1) is 20.1. The number of anilines is 1. The zero-order valence-electron chi connectivity index (χ0n) is 22.5. The second-order valence-corrected chi connectivity index (χ2v) is 10.5. The normalized spacial score (nSPS) is 13.8. The molecule has 0 spiro atoms. The van der Waals surface area contributed by atoms with Gasteiger partial charge in [0.25, 0.3) is 5.91 Å². The second-order valence-electron chi connectivity index (χ2n) is 8.78. The van der Waals surface area contributed by atoms with Gasteiger partial charge in [0.05, 0.1) is 37.5 Å². The molecule has 3 aromatic carbocycles. The lowest BCUT2D eigenvalue weighted by Crippen LogP contribution is -2.31. The minimum Gasteiger partial charge on any atom is -0.495 e. The van der Waals surface area contributed by atoms with Crippen LogP contribution in [0.3, 0.4) is 0 Å². The van der Waals surface area contributed by atoms with E-state index in [9.17, 15) is 23.2 Å². The molecule has 0 bridgehead atoms. The zero-order valence-corrected chi connectivity index (χ0v) is 24.2. The van der Waals surface area contributed by atoms with Gasteiger partial charge >= 0.3 is 5.97 Å². The van der Waals surface area contributed by atoms with E-state index in [-0.39, 0.29) is 39.2 Å². The summed E-state index contributed by atoms with van der Waals surface area (Å²) in [4.78, 5) is 38.6. The van der Waals surface area contributed by atoms with E-state index in [0.29, 0.717) is 28.2 Å². The summed E-state index contributed by atoms with van der Waals surface area (Å²) >= 11 is 6.43. The van der Waals surface area contributed by atoms with Crippen molar-refractivity contribution in [3.63, 3.8) is 0 Å². The molecule has 1 heterocycles. The zero-order chi connectivity index (χ0) is 30.6. The summed E-state index contributed by atoms with van der Waals surface area (Å²) in [7, 11) is 4.21. The van der Waals surface area contributed by atoms with Gasteiger partial charge in [-0.05, 0) is 59.7 Å². The maximum absolute atomic E-state index is 13.9. The Morgan fingerprint density at radius 3 is 2.36 bits per heavy atom. The van der Waals surface area contributed by atoms with E-state index >= 15 is 0 Å². The van der Waals surface area contributed by atoms with Crippen LogP contribution in [0.15, 0.2) is 53.4 Å². The molecular formula is C29H24F2N2O7S2. The molecule has 0 aliphatic carbocycles. The maximum Gasteiger partial charge on any atom is 0.335 e. The number of halogens is 2. The Labute approximate surface area is 249 Å².